The summed E-state index contributed by atoms with van der Waals surface area (Å²) in [6.45, 7) is 17.6. The van der Waals surface area contributed by atoms with Crippen molar-refractivity contribution in [3.63, 3.8) is 0 Å². The molecular formula is C84H160I2NO7S3-. The third kappa shape index (κ3) is 64.7. The van der Waals surface area contributed by atoms with Crippen molar-refractivity contribution in [1.82, 2.24) is 5.32 Å². The van der Waals surface area contributed by atoms with Gasteiger partial charge in [0.1, 0.15) is 0 Å². The van der Waals surface area contributed by atoms with E-state index in [4.69, 9.17) is 26.8 Å². The van der Waals surface area contributed by atoms with E-state index in [1.54, 1.807) is 7.11 Å². The van der Waals surface area contributed by atoms with Crippen LogP contribution >= 0.6 is 53.9 Å². The van der Waals surface area contributed by atoms with Gasteiger partial charge in [-0.1, -0.05) is 342 Å². The van der Waals surface area contributed by atoms with Crippen molar-refractivity contribution in [2.75, 3.05) is 68.8 Å². The summed E-state index contributed by atoms with van der Waals surface area (Å²) in [5.74, 6) is 6.37. The van der Waals surface area contributed by atoms with E-state index in [1.165, 1.54) is 352 Å². The number of nitrogens with one attached hydrogen (secondary N) is 1. The predicted octanol–water partition coefficient (Wildman–Crippen LogP) is 25.9. The Morgan fingerprint density at radius 3 is 1.11 bits per heavy atom. The number of unbranched alkanes of at least 4 members (excludes halogenated alkanes) is 50. The fourth-order valence-corrected chi connectivity index (χ4v) is 19.0. The average Bonchev–Trinajstić information content (AvgIpc) is 1.77. The van der Waals surface area contributed by atoms with E-state index in [-0.39, 0.29) is 22.0 Å². The van der Waals surface area contributed by atoms with Crippen molar-refractivity contribution >= 4 is 60.0 Å². The van der Waals surface area contributed by atoms with Crippen LogP contribution in [0.2, 0.25) is 0 Å². The number of thioether (sulfide) groups is 3. The molecule has 1 N–H and O–H groups in total. The first kappa shape index (κ1) is 95.7. The molecule has 0 bridgehead atoms. The Kier molecular flexibility index (Phi) is 71.2. The van der Waals surface area contributed by atoms with Crippen LogP contribution in [-0.2, 0) is 22.0 Å². The third-order valence-corrected chi connectivity index (χ3v) is 26.3. The molecule has 1 aromatic rings. The monoisotopic (exact) mass is 1640 g/mol. The molecule has 0 aromatic heterocycles. The Morgan fingerprint density at radius 1 is 0.443 bits per heavy atom. The Morgan fingerprint density at radius 2 is 0.773 bits per heavy atom. The summed E-state index contributed by atoms with van der Waals surface area (Å²) in [5, 5.41) is 3.07. The summed E-state index contributed by atoms with van der Waals surface area (Å²) >= 11 is 8.15. The molecule has 0 fully saturated rings. The number of hydrogen-bond donors (Lipinski definition) is 1. The molecule has 0 saturated carbocycles. The van der Waals surface area contributed by atoms with E-state index in [0.29, 0.717) is 33.0 Å². The zero-order valence-electron chi connectivity index (χ0n) is 65.2. The fourth-order valence-electron chi connectivity index (χ4n) is 12.7. The fraction of sp³-hybridized carbons (Fsp3) is 0.917. The molecule has 0 aliphatic heterocycles. The van der Waals surface area contributed by atoms with E-state index in [1.807, 2.05) is 24.3 Å². The van der Waals surface area contributed by atoms with Gasteiger partial charge in [-0.15, -0.1) is 0 Å². The predicted molar refractivity (Wildman–Crippen MR) is 437 cm³/mol. The number of carbonyl (C=O) groups is 1. The van der Waals surface area contributed by atoms with Gasteiger partial charge in [0, 0.05) is 7.11 Å². The molecule has 0 heterocycles. The number of ether oxygens (including phenoxy) is 5. The van der Waals surface area contributed by atoms with E-state index < -0.39 is 23.9 Å². The minimum atomic E-state index is -0.541. The van der Waals surface area contributed by atoms with Gasteiger partial charge in [0.25, 0.3) is 0 Å². The van der Waals surface area contributed by atoms with Gasteiger partial charge in [-0.25, -0.2) is 0 Å². The van der Waals surface area contributed by atoms with Crippen LogP contribution in [0.1, 0.15) is 413 Å². The molecule has 8 nitrogen and oxygen atoms in total. The van der Waals surface area contributed by atoms with Gasteiger partial charge in [0.2, 0.25) is 0 Å². The molecule has 2 atom stereocenters. The van der Waals surface area contributed by atoms with Crippen molar-refractivity contribution in [3.8, 4) is 5.75 Å². The molecule has 0 saturated heterocycles. The normalized spacial score (nSPS) is 13.0. The maximum absolute atomic E-state index is 13.7. The van der Waals surface area contributed by atoms with Crippen molar-refractivity contribution in [2.24, 2.45) is 0 Å². The smallest absolute Gasteiger partial charge is 0.0654 e. The number of halogens is 2. The number of amides is 1. The Labute approximate surface area is 637 Å². The van der Waals surface area contributed by atoms with E-state index >= 15 is 0 Å². The summed E-state index contributed by atoms with van der Waals surface area (Å²) in [7, 11) is 1.75. The summed E-state index contributed by atoms with van der Waals surface area (Å²) in [5.41, 5.74) is 0.425. The molecule has 0 aliphatic carbocycles. The summed E-state index contributed by atoms with van der Waals surface area (Å²) in [4.78, 5) is 13.7. The van der Waals surface area contributed by atoms with E-state index in [0.717, 1.165) is 41.4 Å². The second-order valence-electron chi connectivity index (χ2n) is 30.2. The Hall–Kier alpha value is 0.640. The first-order chi connectivity index (χ1) is 47.4. The van der Waals surface area contributed by atoms with E-state index in [9.17, 15) is 4.79 Å². The number of hydrogen-bond acceptors (Lipinski definition) is 10. The van der Waals surface area contributed by atoms with Gasteiger partial charge in [-0.2, -0.15) is 0 Å². The average molecular weight is 1650 g/mol. The molecule has 0 aliphatic rings. The molecule has 0 radical (unpaired) electrons. The SMILES string of the molecule is CCCCCCCCCCCCCCCCCCCCSCC(COC(=O)NCCOC(O[I-]I)c1ccc(OCCC(C)(C)OCCC(C)(C)OC)cc1)(CSCCCCCCCCCCCCCCCCCCC)SCCCCCCCCCCCCCCCCCCCC. The van der Waals surface area contributed by atoms with Crippen molar-refractivity contribution in [3.05, 3.63) is 29.8 Å². The van der Waals surface area contributed by atoms with Crippen LogP contribution in [0, 0.1) is 0 Å². The molecule has 13 heteroatoms. The third-order valence-electron chi connectivity index (χ3n) is 19.8. The molecular weight excluding hydrogens is 1480 g/mol. The summed E-state index contributed by atoms with van der Waals surface area (Å²) < 4.78 is 36.6. The number of alkyl carbamates (subject to hydrolysis) is 1. The molecule has 1 rings (SSSR count). The first-order valence-electron chi connectivity index (χ1n) is 41.6. The second-order valence-corrected chi connectivity index (χ2v) is 37.0. The molecule has 1 aromatic carbocycles. The van der Waals surface area contributed by atoms with Crippen LogP contribution in [-0.4, -0.2) is 90.9 Å². The summed E-state index contributed by atoms with van der Waals surface area (Å²) in [6.07, 6.45) is 75.1. The minimum Gasteiger partial charge on any atom is -0.0654 e. The zero-order valence-corrected chi connectivity index (χ0v) is 72.0. The molecule has 97 heavy (non-hydrogen) atoms. The maximum atomic E-state index is 13.7. The number of rotatable bonds is 79. The topological polar surface area (TPSA) is 84.5 Å². The van der Waals surface area contributed by atoms with Crippen LogP contribution in [0.4, 0.5) is 4.79 Å². The molecule has 1 amide bonds. The van der Waals surface area contributed by atoms with Crippen LogP contribution in [0.15, 0.2) is 24.3 Å². The Balaban J connectivity index is 2.86. The van der Waals surface area contributed by atoms with Gasteiger partial charge in [0.05, 0.1) is 5.60 Å². The number of benzene rings is 1. The van der Waals surface area contributed by atoms with Crippen LogP contribution in [0.5, 0.6) is 5.75 Å². The minimum absolute atomic E-state index is 0.120. The summed E-state index contributed by atoms with van der Waals surface area (Å²) in [6, 6.07) is 8.00. The van der Waals surface area contributed by atoms with Crippen LogP contribution in [0.3, 0.4) is 0 Å². The van der Waals surface area contributed by atoms with Crippen molar-refractivity contribution < 1.29 is 49.2 Å². The Bertz CT molecular complexity index is 1720. The van der Waals surface area contributed by atoms with Crippen molar-refractivity contribution in [1.29, 1.82) is 0 Å². The number of carbonyl (C=O) groups excluding carboxylic acids is 1. The van der Waals surface area contributed by atoms with Gasteiger partial charge >= 0.3 is 232 Å². The molecule has 576 valence electrons. The second kappa shape index (κ2) is 72.2. The zero-order chi connectivity index (χ0) is 70.4. The molecule has 2 unspecified atom stereocenters. The van der Waals surface area contributed by atoms with Gasteiger partial charge in [-0.3, -0.25) is 0 Å². The van der Waals surface area contributed by atoms with Gasteiger partial charge in [0.15, 0.2) is 0 Å². The van der Waals surface area contributed by atoms with Crippen LogP contribution in [0.25, 0.3) is 0 Å². The van der Waals surface area contributed by atoms with Gasteiger partial charge < -0.3 is 4.74 Å². The van der Waals surface area contributed by atoms with E-state index in [2.05, 4.69) is 108 Å². The first-order valence-corrected chi connectivity index (χ1v) is 52.1. The van der Waals surface area contributed by atoms with Crippen molar-refractivity contribution in [2.45, 2.75) is 424 Å². The quantitative estimate of drug-likeness (QED) is 0.0387. The standard InChI is InChI=1S/C84H160I2NO7S3/c1-9-12-15-18-21-24-27-30-33-36-39-42-45-48-51-54-57-60-73-96-77-84(76-95-72-59-56-53-50-47-44-41-38-35-32-29-26-23-20-17-14-11-3,97-74-61-58-55-52-49-46-43-40-37-34-31-28-25-22-19-16-13-10-2)75-92-81(88)87-68-71-91-80(94-86-85)78-62-64-79(65-63-78)90-69-66-83(6,7)93-70-67-82(4,5)89-8/h62-65,80H,9-61,66-77H2,1-8H3,(H,87,88)/q-1. The number of methoxy groups -OCH3 is 1. The van der Waals surface area contributed by atoms with Crippen LogP contribution < -0.4 is 27.7 Å². The molecule has 0 spiro atoms. The van der Waals surface area contributed by atoms with Gasteiger partial charge in [-0.05, 0) is 51.0 Å².